The molecule has 0 fully saturated rings. The minimum absolute atomic E-state index is 0.0646. The molecule has 0 aliphatic carbocycles. The van der Waals surface area contributed by atoms with E-state index in [1.54, 1.807) is 73.7 Å². The van der Waals surface area contributed by atoms with Gasteiger partial charge in [-0.25, -0.2) is 10.2 Å². The van der Waals surface area contributed by atoms with Gasteiger partial charge in [-0.05, 0) is 79.2 Å². The van der Waals surface area contributed by atoms with Crippen molar-refractivity contribution in [2.45, 2.75) is 6.92 Å². The van der Waals surface area contributed by atoms with Crippen molar-refractivity contribution in [3.63, 3.8) is 0 Å². The SMILES string of the molecule is CCOc1cc(C=NNC(=O)c2cccc(NC(=O)c3cccc(OC)c3)c2)ccc1OC(=O)c1ccco1. The summed E-state index contributed by atoms with van der Waals surface area (Å²) in [6, 6.07) is 21.1. The van der Waals surface area contributed by atoms with Gasteiger partial charge >= 0.3 is 5.97 Å². The second-order valence-electron chi connectivity index (χ2n) is 7.97. The van der Waals surface area contributed by atoms with Gasteiger partial charge in [-0.3, -0.25) is 9.59 Å². The molecule has 4 aromatic rings. The average molecular weight is 528 g/mol. The summed E-state index contributed by atoms with van der Waals surface area (Å²) in [5.74, 6) is -0.303. The molecule has 4 rings (SSSR count). The Morgan fingerprint density at radius 1 is 0.897 bits per heavy atom. The minimum Gasteiger partial charge on any atom is -0.497 e. The second kappa shape index (κ2) is 12.7. The first kappa shape index (κ1) is 26.7. The number of furan rings is 1. The van der Waals surface area contributed by atoms with E-state index in [0.717, 1.165) is 0 Å². The van der Waals surface area contributed by atoms with Crippen molar-refractivity contribution in [1.29, 1.82) is 0 Å². The Morgan fingerprint density at radius 2 is 1.69 bits per heavy atom. The molecule has 0 radical (unpaired) electrons. The van der Waals surface area contributed by atoms with Gasteiger partial charge in [0.05, 0.1) is 26.2 Å². The van der Waals surface area contributed by atoms with Crippen LogP contribution in [0, 0.1) is 0 Å². The summed E-state index contributed by atoms with van der Waals surface area (Å²) in [6.07, 6.45) is 2.80. The van der Waals surface area contributed by atoms with Gasteiger partial charge < -0.3 is 23.9 Å². The predicted octanol–water partition coefficient (Wildman–Crippen LogP) is 4.92. The Kier molecular flexibility index (Phi) is 8.71. The van der Waals surface area contributed by atoms with Crippen molar-refractivity contribution in [2.75, 3.05) is 19.0 Å². The van der Waals surface area contributed by atoms with Crippen molar-refractivity contribution >= 4 is 29.7 Å². The normalized spacial score (nSPS) is 10.6. The fourth-order valence-corrected chi connectivity index (χ4v) is 3.44. The first-order chi connectivity index (χ1) is 19.0. The van der Waals surface area contributed by atoms with Crippen LogP contribution in [0.1, 0.15) is 43.8 Å². The van der Waals surface area contributed by atoms with Crippen LogP contribution >= 0.6 is 0 Å². The molecule has 198 valence electrons. The summed E-state index contributed by atoms with van der Waals surface area (Å²) in [7, 11) is 1.52. The fraction of sp³-hybridized carbons (Fsp3) is 0.103. The van der Waals surface area contributed by atoms with Crippen LogP contribution in [0.2, 0.25) is 0 Å². The number of hydrogen-bond donors (Lipinski definition) is 2. The molecule has 1 aromatic heterocycles. The quantitative estimate of drug-likeness (QED) is 0.130. The number of anilines is 1. The van der Waals surface area contributed by atoms with Gasteiger partial charge in [0.25, 0.3) is 11.8 Å². The predicted molar refractivity (Wildman–Crippen MR) is 144 cm³/mol. The van der Waals surface area contributed by atoms with Gasteiger partial charge in [0.15, 0.2) is 11.5 Å². The van der Waals surface area contributed by atoms with Crippen LogP contribution in [0.5, 0.6) is 17.2 Å². The lowest BCUT2D eigenvalue weighted by Gasteiger charge is -2.10. The van der Waals surface area contributed by atoms with Crippen molar-refractivity contribution in [3.05, 3.63) is 108 Å². The zero-order chi connectivity index (χ0) is 27.6. The summed E-state index contributed by atoms with van der Waals surface area (Å²) in [5, 5.41) is 6.77. The molecule has 1 heterocycles. The number of carbonyl (C=O) groups is 3. The van der Waals surface area contributed by atoms with Crippen molar-refractivity contribution in [1.82, 2.24) is 5.43 Å². The van der Waals surface area contributed by atoms with Gasteiger partial charge in [-0.1, -0.05) is 12.1 Å². The van der Waals surface area contributed by atoms with E-state index in [1.807, 2.05) is 0 Å². The Balaban J connectivity index is 1.39. The van der Waals surface area contributed by atoms with E-state index in [1.165, 1.54) is 31.7 Å². The molecular weight excluding hydrogens is 502 g/mol. The first-order valence-corrected chi connectivity index (χ1v) is 11.9. The largest absolute Gasteiger partial charge is 0.497 e. The molecule has 39 heavy (non-hydrogen) atoms. The highest BCUT2D eigenvalue weighted by molar-refractivity contribution is 6.05. The van der Waals surface area contributed by atoms with Crippen molar-refractivity contribution in [2.24, 2.45) is 5.10 Å². The minimum atomic E-state index is -0.656. The molecule has 0 spiro atoms. The van der Waals surface area contributed by atoms with E-state index in [4.69, 9.17) is 18.6 Å². The molecule has 10 nitrogen and oxygen atoms in total. The van der Waals surface area contributed by atoms with E-state index in [0.29, 0.717) is 40.5 Å². The number of amides is 2. The highest BCUT2D eigenvalue weighted by atomic mass is 16.6. The number of methoxy groups -OCH3 is 1. The molecule has 0 bridgehead atoms. The lowest BCUT2D eigenvalue weighted by atomic mass is 10.1. The number of nitrogens with zero attached hydrogens (tertiary/aromatic N) is 1. The summed E-state index contributed by atoms with van der Waals surface area (Å²) < 4.78 is 21.2. The topological polar surface area (TPSA) is 128 Å². The maximum absolute atomic E-state index is 12.6. The number of rotatable bonds is 10. The second-order valence-corrected chi connectivity index (χ2v) is 7.97. The molecule has 10 heteroatoms. The number of esters is 1. The highest BCUT2D eigenvalue weighted by Crippen LogP contribution is 2.29. The zero-order valence-electron chi connectivity index (χ0n) is 21.2. The molecule has 0 aliphatic rings. The van der Waals surface area contributed by atoms with Crippen LogP contribution < -0.4 is 25.0 Å². The molecule has 2 amide bonds. The van der Waals surface area contributed by atoms with E-state index in [9.17, 15) is 14.4 Å². The molecule has 0 atom stereocenters. The van der Waals surface area contributed by atoms with Crippen LogP contribution in [0.3, 0.4) is 0 Å². The Labute approximate surface area is 224 Å². The number of benzene rings is 3. The van der Waals surface area contributed by atoms with E-state index < -0.39 is 11.9 Å². The summed E-state index contributed by atoms with van der Waals surface area (Å²) in [6.45, 7) is 2.14. The highest BCUT2D eigenvalue weighted by Gasteiger charge is 2.15. The number of ether oxygens (including phenoxy) is 3. The van der Waals surface area contributed by atoms with Crippen LogP contribution in [0.25, 0.3) is 0 Å². The lowest BCUT2D eigenvalue weighted by Crippen LogP contribution is -2.18. The maximum Gasteiger partial charge on any atom is 0.379 e. The molecule has 2 N–H and O–H groups in total. The van der Waals surface area contributed by atoms with Crippen LogP contribution in [0.4, 0.5) is 5.69 Å². The van der Waals surface area contributed by atoms with Gasteiger partial charge in [-0.2, -0.15) is 5.10 Å². The summed E-state index contributed by atoms with van der Waals surface area (Å²) in [5.41, 5.74) is 4.21. The maximum atomic E-state index is 12.6. The monoisotopic (exact) mass is 527 g/mol. The van der Waals surface area contributed by atoms with Gasteiger partial charge in [0, 0.05) is 16.8 Å². The number of carbonyl (C=O) groups excluding carboxylic acids is 3. The van der Waals surface area contributed by atoms with E-state index in [2.05, 4.69) is 15.8 Å². The molecular formula is C29H25N3O7. The van der Waals surface area contributed by atoms with Crippen molar-refractivity contribution < 1.29 is 33.0 Å². The van der Waals surface area contributed by atoms with Gasteiger partial charge in [0.1, 0.15) is 5.75 Å². The zero-order valence-corrected chi connectivity index (χ0v) is 21.2. The fourth-order valence-electron chi connectivity index (χ4n) is 3.44. The number of nitrogens with one attached hydrogen (secondary N) is 2. The smallest absolute Gasteiger partial charge is 0.379 e. The summed E-state index contributed by atoms with van der Waals surface area (Å²) >= 11 is 0. The first-order valence-electron chi connectivity index (χ1n) is 11.9. The van der Waals surface area contributed by atoms with Gasteiger partial charge in [-0.15, -0.1) is 0 Å². The van der Waals surface area contributed by atoms with Gasteiger partial charge in [0.2, 0.25) is 5.76 Å². The Bertz CT molecular complexity index is 1500. The molecule has 0 aliphatic heterocycles. The molecule has 0 saturated carbocycles. The van der Waals surface area contributed by atoms with Crippen molar-refractivity contribution in [3.8, 4) is 17.2 Å². The van der Waals surface area contributed by atoms with Crippen LogP contribution in [-0.2, 0) is 0 Å². The third-order valence-electron chi connectivity index (χ3n) is 5.29. The lowest BCUT2D eigenvalue weighted by molar-refractivity contribution is 0.0694. The molecule has 3 aromatic carbocycles. The van der Waals surface area contributed by atoms with Crippen LogP contribution in [-0.4, -0.2) is 37.7 Å². The number of hydrogen-bond acceptors (Lipinski definition) is 8. The Hall–Kier alpha value is -5.38. The molecule has 0 unspecified atom stereocenters. The molecule has 0 saturated heterocycles. The number of hydrazone groups is 1. The average Bonchev–Trinajstić information content (AvgIpc) is 3.50. The third-order valence-corrected chi connectivity index (χ3v) is 5.29. The third kappa shape index (κ3) is 7.10. The Morgan fingerprint density at radius 3 is 2.44 bits per heavy atom. The van der Waals surface area contributed by atoms with E-state index >= 15 is 0 Å². The van der Waals surface area contributed by atoms with E-state index in [-0.39, 0.29) is 17.4 Å². The summed E-state index contributed by atoms with van der Waals surface area (Å²) in [4.78, 5) is 37.4. The standard InChI is InChI=1S/C29H25N3O7/c1-3-37-26-15-19(12-13-24(26)39-29(35)25-11-6-14-38-25)18-30-32-28(34)20-7-4-9-22(16-20)31-27(33)21-8-5-10-23(17-21)36-2/h4-18H,3H2,1-2H3,(H,31,33)(H,32,34). The van der Waals surface area contributed by atoms with Crippen LogP contribution in [0.15, 0.2) is 94.6 Å².